The van der Waals surface area contributed by atoms with Crippen molar-refractivity contribution in [3.05, 3.63) is 64.6 Å². The largest absolute Gasteiger partial charge is 0.468 e. The van der Waals surface area contributed by atoms with E-state index in [1.54, 1.807) is 24.5 Å². The highest BCUT2D eigenvalue weighted by atomic mass is 16.3. The predicted molar refractivity (Wildman–Crippen MR) is 89.2 cm³/mol. The van der Waals surface area contributed by atoms with E-state index in [4.69, 9.17) is 10.2 Å². The van der Waals surface area contributed by atoms with Crippen LogP contribution in [0.3, 0.4) is 0 Å². The Kier molecular flexibility index (Phi) is 4.43. The Hall–Kier alpha value is -2.93. The lowest BCUT2D eigenvalue weighted by Gasteiger charge is -2.15. The van der Waals surface area contributed by atoms with Crippen molar-refractivity contribution in [2.75, 3.05) is 0 Å². The molecule has 124 valence electrons. The van der Waals surface area contributed by atoms with E-state index in [1.165, 1.54) is 4.57 Å². The van der Waals surface area contributed by atoms with Gasteiger partial charge in [0.2, 0.25) is 5.91 Å². The Bertz CT molecular complexity index is 915. The summed E-state index contributed by atoms with van der Waals surface area (Å²) in [5.41, 5.74) is 5.59. The zero-order chi connectivity index (χ0) is 17.1. The minimum Gasteiger partial charge on any atom is -0.468 e. The van der Waals surface area contributed by atoms with Crippen LogP contribution in [0.25, 0.3) is 10.9 Å². The molecule has 1 amide bonds. The van der Waals surface area contributed by atoms with Crippen LogP contribution in [-0.4, -0.2) is 15.5 Å². The Morgan fingerprint density at radius 2 is 2.12 bits per heavy atom. The lowest BCUT2D eigenvalue weighted by Crippen LogP contribution is -2.33. The van der Waals surface area contributed by atoms with E-state index >= 15 is 0 Å². The first-order valence-electron chi connectivity index (χ1n) is 7.60. The SMILES string of the molecule is C[C@@H](NCc1nc2ccccc2c(=O)n1CC(N)=O)c1ccco1. The number of carbonyl (C=O) groups excluding carboxylic acids is 1. The number of aromatic nitrogens is 2. The second kappa shape index (κ2) is 6.67. The van der Waals surface area contributed by atoms with E-state index in [9.17, 15) is 9.59 Å². The predicted octanol–water partition coefficient (Wildman–Crippen LogP) is 1.33. The van der Waals surface area contributed by atoms with E-state index < -0.39 is 5.91 Å². The van der Waals surface area contributed by atoms with Gasteiger partial charge in [0.15, 0.2) is 0 Å². The molecule has 0 aliphatic heterocycles. The molecule has 0 radical (unpaired) electrons. The van der Waals surface area contributed by atoms with Crippen molar-refractivity contribution in [1.82, 2.24) is 14.9 Å². The molecule has 0 aliphatic rings. The van der Waals surface area contributed by atoms with Crippen molar-refractivity contribution in [3.8, 4) is 0 Å². The Labute approximate surface area is 138 Å². The van der Waals surface area contributed by atoms with Crippen molar-refractivity contribution in [2.45, 2.75) is 26.1 Å². The number of fused-ring (bicyclic) bond motifs is 1. The molecule has 3 N–H and O–H groups in total. The van der Waals surface area contributed by atoms with Crippen molar-refractivity contribution >= 4 is 16.8 Å². The molecular formula is C17H18N4O3. The fraction of sp³-hybridized carbons (Fsp3) is 0.235. The zero-order valence-corrected chi connectivity index (χ0v) is 13.2. The highest BCUT2D eigenvalue weighted by molar-refractivity contribution is 5.78. The van der Waals surface area contributed by atoms with Crippen LogP contribution < -0.4 is 16.6 Å². The minimum absolute atomic E-state index is 0.0644. The molecule has 0 aliphatic carbocycles. The molecule has 0 fully saturated rings. The summed E-state index contributed by atoms with van der Waals surface area (Å²) in [6.45, 7) is 2.04. The fourth-order valence-electron chi connectivity index (χ4n) is 2.55. The summed E-state index contributed by atoms with van der Waals surface area (Å²) in [5.74, 6) is 0.644. The van der Waals surface area contributed by atoms with Gasteiger partial charge in [-0.25, -0.2) is 4.98 Å². The topological polar surface area (TPSA) is 103 Å². The van der Waals surface area contributed by atoms with Crippen LogP contribution >= 0.6 is 0 Å². The number of hydrogen-bond acceptors (Lipinski definition) is 5. The smallest absolute Gasteiger partial charge is 0.261 e. The van der Waals surface area contributed by atoms with Crippen LogP contribution in [0.5, 0.6) is 0 Å². The first-order valence-corrected chi connectivity index (χ1v) is 7.60. The summed E-state index contributed by atoms with van der Waals surface area (Å²) < 4.78 is 6.66. The first-order chi connectivity index (χ1) is 11.6. The molecule has 2 aromatic heterocycles. The van der Waals surface area contributed by atoms with Crippen molar-refractivity contribution < 1.29 is 9.21 Å². The fourth-order valence-corrected chi connectivity index (χ4v) is 2.55. The summed E-state index contributed by atoms with van der Waals surface area (Å²) in [6.07, 6.45) is 1.60. The van der Waals surface area contributed by atoms with Crippen molar-refractivity contribution in [2.24, 2.45) is 5.73 Å². The molecule has 1 aromatic carbocycles. The van der Waals surface area contributed by atoms with Crippen LogP contribution in [0.15, 0.2) is 51.9 Å². The number of nitrogens with one attached hydrogen (secondary N) is 1. The number of rotatable bonds is 6. The quantitative estimate of drug-likeness (QED) is 0.711. The third-order valence-corrected chi connectivity index (χ3v) is 3.79. The van der Waals surface area contributed by atoms with Gasteiger partial charge in [0.1, 0.15) is 18.1 Å². The molecule has 0 bridgehead atoms. The number of nitrogens with zero attached hydrogens (tertiary/aromatic N) is 2. The van der Waals surface area contributed by atoms with Crippen LogP contribution in [0.4, 0.5) is 0 Å². The average molecular weight is 326 g/mol. The van der Waals surface area contributed by atoms with Gasteiger partial charge in [-0.15, -0.1) is 0 Å². The van der Waals surface area contributed by atoms with Crippen LogP contribution in [0, 0.1) is 0 Å². The molecule has 2 heterocycles. The monoisotopic (exact) mass is 326 g/mol. The van der Waals surface area contributed by atoms with Gasteiger partial charge in [0.05, 0.1) is 29.8 Å². The van der Waals surface area contributed by atoms with Gasteiger partial charge in [-0.1, -0.05) is 12.1 Å². The van der Waals surface area contributed by atoms with Crippen LogP contribution in [0.2, 0.25) is 0 Å². The molecule has 0 unspecified atom stereocenters. The van der Waals surface area contributed by atoms with Gasteiger partial charge >= 0.3 is 0 Å². The molecule has 3 rings (SSSR count). The molecule has 7 heteroatoms. The second-order valence-electron chi connectivity index (χ2n) is 5.52. The normalized spacial score (nSPS) is 12.4. The molecule has 3 aromatic rings. The number of nitrogens with two attached hydrogens (primary N) is 1. The van der Waals surface area contributed by atoms with Gasteiger partial charge in [-0.05, 0) is 31.2 Å². The third-order valence-electron chi connectivity index (χ3n) is 3.79. The molecule has 0 saturated carbocycles. The summed E-state index contributed by atoms with van der Waals surface area (Å²) in [4.78, 5) is 28.5. The van der Waals surface area contributed by atoms with E-state index in [2.05, 4.69) is 10.3 Å². The van der Waals surface area contributed by atoms with E-state index in [1.807, 2.05) is 25.1 Å². The zero-order valence-electron chi connectivity index (χ0n) is 13.2. The molecule has 24 heavy (non-hydrogen) atoms. The number of amides is 1. The average Bonchev–Trinajstić information content (AvgIpc) is 3.10. The van der Waals surface area contributed by atoms with Gasteiger partial charge in [-0.3, -0.25) is 14.2 Å². The Morgan fingerprint density at radius 3 is 2.83 bits per heavy atom. The number of furan rings is 1. The maximum Gasteiger partial charge on any atom is 0.261 e. The number of para-hydroxylation sites is 1. The maximum atomic E-state index is 12.6. The van der Waals surface area contributed by atoms with Gasteiger partial charge in [0, 0.05) is 0 Å². The Balaban J connectivity index is 1.95. The highest BCUT2D eigenvalue weighted by Crippen LogP contribution is 2.13. The van der Waals surface area contributed by atoms with E-state index in [0.717, 1.165) is 5.76 Å². The van der Waals surface area contributed by atoms with E-state index in [-0.39, 0.29) is 18.1 Å². The molecule has 1 atom stereocenters. The Morgan fingerprint density at radius 1 is 1.33 bits per heavy atom. The molecular weight excluding hydrogens is 308 g/mol. The van der Waals surface area contributed by atoms with Crippen molar-refractivity contribution in [1.29, 1.82) is 0 Å². The lowest BCUT2D eigenvalue weighted by atomic mass is 10.2. The maximum absolute atomic E-state index is 12.6. The summed E-state index contributed by atoms with van der Waals surface area (Å²) in [7, 11) is 0. The van der Waals surface area contributed by atoms with Gasteiger partial charge in [-0.2, -0.15) is 0 Å². The number of carbonyl (C=O) groups is 1. The molecule has 0 saturated heterocycles. The minimum atomic E-state index is -0.588. The van der Waals surface area contributed by atoms with E-state index in [0.29, 0.717) is 23.3 Å². The summed E-state index contributed by atoms with van der Waals surface area (Å²) >= 11 is 0. The molecule has 7 nitrogen and oxygen atoms in total. The number of primary amides is 1. The highest BCUT2D eigenvalue weighted by Gasteiger charge is 2.14. The van der Waals surface area contributed by atoms with Crippen LogP contribution in [0.1, 0.15) is 24.6 Å². The van der Waals surface area contributed by atoms with Crippen molar-refractivity contribution in [3.63, 3.8) is 0 Å². The number of benzene rings is 1. The third kappa shape index (κ3) is 3.21. The molecule has 0 spiro atoms. The van der Waals surface area contributed by atoms with Gasteiger partial charge < -0.3 is 15.5 Å². The first kappa shape index (κ1) is 15.9. The lowest BCUT2D eigenvalue weighted by molar-refractivity contribution is -0.118. The second-order valence-corrected chi connectivity index (χ2v) is 5.52. The summed E-state index contributed by atoms with van der Waals surface area (Å²) in [5, 5.41) is 3.70. The number of hydrogen-bond donors (Lipinski definition) is 2. The van der Waals surface area contributed by atoms with Gasteiger partial charge in [0.25, 0.3) is 5.56 Å². The summed E-state index contributed by atoms with van der Waals surface area (Å²) in [6, 6.07) is 10.6. The standard InChI is InChI=1S/C17H18N4O3/c1-11(14-7-4-8-24-14)19-9-16-20-13-6-3-2-5-12(13)17(23)21(16)10-15(18)22/h2-8,11,19H,9-10H2,1H3,(H2,18,22)/t11-/m1/s1. The van der Waals surface area contributed by atoms with Crippen LogP contribution in [-0.2, 0) is 17.9 Å².